The number of benzene rings is 1. The molecular formula is C16H21N3O3S2. The lowest BCUT2D eigenvalue weighted by Gasteiger charge is -2.26. The third-order valence-corrected chi connectivity index (χ3v) is 6.89. The van der Waals surface area contributed by atoms with Crippen LogP contribution in [0.4, 0.5) is 5.69 Å². The van der Waals surface area contributed by atoms with Gasteiger partial charge in [-0.2, -0.15) is 0 Å². The lowest BCUT2D eigenvalue weighted by Crippen LogP contribution is -2.39. The van der Waals surface area contributed by atoms with Crippen molar-refractivity contribution in [2.45, 2.75) is 19.0 Å². The monoisotopic (exact) mass is 367 g/mol. The summed E-state index contributed by atoms with van der Waals surface area (Å²) in [5, 5.41) is 0.735. The smallest absolute Gasteiger partial charge is 0.232 e. The van der Waals surface area contributed by atoms with Crippen molar-refractivity contribution in [1.82, 2.24) is 4.90 Å². The zero-order chi connectivity index (χ0) is 17.5. The first-order valence-corrected chi connectivity index (χ1v) is 10.5. The van der Waals surface area contributed by atoms with Gasteiger partial charge in [0, 0.05) is 19.8 Å². The molecule has 2 heterocycles. The molecule has 2 aliphatic heterocycles. The number of nitrogens with zero attached hydrogens (tertiary/aromatic N) is 3. The summed E-state index contributed by atoms with van der Waals surface area (Å²) in [4.78, 5) is 20.0. The molecule has 1 fully saturated rings. The van der Waals surface area contributed by atoms with Crippen molar-refractivity contribution in [3.63, 3.8) is 0 Å². The van der Waals surface area contributed by atoms with E-state index in [2.05, 4.69) is 4.99 Å². The number of hydrogen-bond acceptors (Lipinski definition) is 6. The molecule has 2 aliphatic rings. The Morgan fingerprint density at radius 3 is 2.58 bits per heavy atom. The van der Waals surface area contributed by atoms with Crippen LogP contribution >= 0.6 is 11.8 Å². The van der Waals surface area contributed by atoms with E-state index >= 15 is 0 Å². The van der Waals surface area contributed by atoms with E-state index in [1.165, 1.54) is 11.8 Å². The molecule has 130 valence electrons. The van der Waals surface area contributed by atoms with Gasteiger partial charge in [0.25, 0.3) is 0 Å². The molecule has 0 N–H and O–H groups in total. The summed E-state index contributed by atoms with van der Waals surface area (Å²) < 4.78 is 23.9. The topological polar surface area (TPSA) is 70.1 Å². The van der Waals surface area contributed by atoms with Crippen molar-refractivity contribution >= 4 is 38.4 Å². The van der Waals surface area contributed by atoms with Gasteiger partial charge in [0.1, 0.15) is 0 Å². The third kappa shape index (κ3) is 3.44. The van der Waals surface area contributed by atoms with E-state index in [1.54, 1.807) is 19.0 Å². The number of aryl methyl sites for hydroxylation is 1. The quantitative estimate of drug-likeness (QED) is 0.802. The van der Waals surface area contributed by atoms with Gasteiger partial charge in [-0.1, -0.05) is 29.5 Å². The molecule has 0 aliphatic carbocycles. The van der Waals surface area contributed by atoms with Crippen molar-refractivity contribution in [2.24, 2.45) is 4.99 Å². The average molecular weight is 367 g/mol. The molecule has 0 saturated carbocycles. The van der Waals surface area contributed by atoms with Crippen LogP contribution in [0.1, 0.15) is 5.56 Å². The predicted octanol–water partition coefficient (Wildman–Crippen LogP) is 1.16. The first kappa shape index (κ1) is 17.3. The highest BCUT2D eigenvalue weighted by atomic mass is 32.2. The fourth-order valence-electron chi connectivity index (χ4n) is 2.90. The van der Waals surface area contributed by atoms with E-state index in [0.717, 1.165) is 16.4 Å². The number of amides is 1. The number of anilines is 1. The summed E-state index contributed by atoms with van der Waals surface area (Å²) in [7, 11) is 0.385. The Hall–Kier alpha value is -1.54. The minimum atomic E-state index is -3.06. The van der Waals surface area contributed by atoms with Crippen LogP contribution in [0.2, 0.25) is 0 Å². The van der Waals surface area contributed by atoms with E-state index in [1.807, 2.05) is 36.1 Å². The first-order chi connectivity index (χ1) is 11.3. The largest absolute Gasteiger partial charge is 0.348 e. The molecule has 6 nitrogen and oxygen atoms in total. The molecular weight excluding hydrogens is 346 g/mol. The highest BCUT2D eigenvalue weighted by Gasteiger charge is 2.47. The van der Waals surface area contributed by atoms with Crippen molar-refractivity contribution in [3.8, 4) is 0 Å². The van der Waals surface area contributed by atoms with E-state index < -0.39 is 9.84 Å². The number of sulfone groups is 1. The van der Waals surface area contributed by atoms with Gasteiger partial charge >= 0.3 is 0 Å². The molecule has 1 aromatic carbocycles. The Morgan fingerprint density at radius 1 is 1.29 bits per heavy atom. The predicted molar refractivity (Wildman–Crippen MR) is 98.5 cm³/mol. The first-order valence-electron chi connectivity index (χ1n) is 7.74. The molecule has 0 bridgehead atoms. The number of carbonyl (C=O) groups is 1. The number of hydrogen-bond donors (Lipinski definition) is 0. The number of amidine groups is 1. The molecule has 0 radical (unpaired) electrons. The van der Waals surface area contributed by atoms with E-state index in [0.29, 0.717) is 5.75 Å². The molecule has 0 aromatic heterocycles. The van der Waals surface area contributed by atoms with Crippen LogP contribution in [-0.4, -0.2) is 67.8 Å². The van der Waals surface area contributed by atoms with Gasteiger partial charge in [-0.25, -0.2) is 8.42 Å². The number of carbonyl (C=O) groups excluding carboxylic acids is 1. The number of rotatable bonds is 3. The Morgan fingerprint density at radius 2 is 1.96 bits per heavy atom. The minimum Gasteiger partial charge on any atom is -0.348 e. The Bertz CT molecular complexity index is 772. The summed E-state index contributed by atoms with van der Waals surface area (Å²) in [5.74, 6) is 0.503. The normalized spacial score (nSPS) is 24.6. The van der Waals surface area contributed by atoms with Crippen molar-refractivity contribution in [3.05, 3.63) is 29.8 Å². The van der Waals surface area contributed by atoms with Crippen molar-refractivity contribution in [1.29, 1.82) is 0 Å². The van der Waals surface area contributed by atoms with Gasteiger partial charge in [0.2, 0.25) is 5.91 Å². The maximum Gasteiger partial charge on any atom is 0.232 e. The molecule has 1 saturated heterocycles. The maximum atomic E-state index is 12.0. The summed E-state index contributed by atoms with van der Waals surface area (Å²) >= 11 is 1.37. The van der Waals surface area contributed by atoms with E-state index in [4.69, 9.17) is 0 Å². The number of fused-ring (bicyclic) bond motifs is 1. The number of thioether (sulfide) groups is 1. The second-order valence-electron chi connectivity index (χ2n) is 6.41. The van der Waals surface area contributed by atoms with E-state index in [9.17, 15) is 13.2 Å². The van der Waals surface area contributed by atoms with Crippen LogP contribution in [-0.2, 0) is 14.6 Å². The standard InChI is InChI=1S/C16H21N3O3S2/c1-11-4-6-12(7-5-11)19-14-10-24(21,22)9-13(14)17-16(19)23-8-15(20)18(2)3/h4-7,13-14H,8-10H2,1-3H3/t13-,14-/m0/s1. The maximum absolute atomic E-state index is 12.0. The second-order valence-corrected chi connectivity index (χ2v) is 9.50. The highest BCUT2D eigenvalue weighted by Crippen LogP contribution is 2.35. The van der Waals surface area contributed by atoms with Crippen LogP contribution in [0.5, 0.6) is 0 Å². The lowest BCUT2D eigenvalue weighted by atomic mass is 10.1. The van der Waals surface area contributed by atoms with Crippen LogP contribution < -0.4 is 4.90 Å². The zero-order valence-electron chi connectivity index (χ0n) is 14.0. The summed E-state index contributed by atoms with van der Waals surface area (Å²) in [6.07, 6.45) is 0. The van der Waals surface area contributed by atoms with Gasteiger partial charge in [-0.3, -0.25) is 9.79 Å². The second kappa shape index (κ2) is 6.40. The fourth-order valence-corrected chi connectivity index (χ4v) is 5.84. The van der Waals surface area contributed by atoms with Crippen LogP contribution in [0.25, 0.3) is 0 Å². The van der Waals surface area contributed by atoms with Gasteiger partial charge < -0.3 is 9.80 Å². The molecule has 1 amide bonds. The van der Waals surface area contributed by atoms with Gasteiger partial charge in [0.15, 0.2) is 15.0 Å². The van der Waals surface area contributed by atoms with Gasteiger partial charge in [0.05, 0.1) is 29.3 Å². The van der Waals surface area contributed by atoms with Gasteiger partial charge in [-0.05, 0) is 19.1 Å². The van der Waals surface area contributed by atoms with E-state index in [-0.39, 0.29) is 29.5 Å². The molecule has 1 aromatic rings. The van der Waals surface area contributed by atoms with Crippen LogP contribution in [0.15, 0.2) is 29.3 Å². The summed E-state index contributed by atoms with van der Waals surface area (Å²) in [6.45, 7) is 2.01. The third-order valence-electron chi connectivity index (χ3n) is 4.24. The molecule has 8 heteroatoms. The number of aliphatic imine (C=N–C) groups is 1. The Labute approximate surface area is 146 Å². The van der Waals surface area contributed by atoms with Crippen molar-refractivity contribution < 1.29 is 13.2 Å². The molecule has 0 spiro atoms. The summed E-state index contributed by atoms with van der Waals surface area (Å²) in [6, 6.07) is 7.54. The SMILES string of the molecule is Cc1ccc(N2C(SCC(=O)N(C)C)=N[C@H]3CS(=O)(=O)C[C@@H]32)cc1. The molecule has 2 atom stereocenters. The average Bonchev–Trinajstić information content (AvgIpc) is 2.97. The lowest BCUT2D eigenvalue weighted by molar-refractivity contribution is -0.125. The summed E-state index contributed by atoms with van der Waals surface area (Å²) in [5.41, 5.74) is 2.07. The van der Waals surface area contributed by atoms with Crippen LogP contribution in [0.3, 0.4) is 0 Å². The molecule has 3 rings (SSSR count). The fraction of sp³-hybridized carbons (Fsp3) is 0.500. The van der Waals surface area contributed by atoms with Crippen molar-refractivity contribution in [2.75, 3.05) is 36.3 Å². The highest BCUT2D eigenvalue weighted by molar-refractivity contribution is 8.14. The molecule has 24 heavy (non-hydrogen) atoms. The minimum absolute atomic E-state index is 0.0104. The Balaban J connectivity index is 1.87. The van der Waals surface area contributed by atoms with Gasteiger partial charge in [-0.15, -0.1) is 0 Å². The Kier molecular flexibility index (Phi) is 4.61. The molecule has 0 unspecified atom stereocenters. The van der Waals surface area contributed by atoms with Crippen LogP contribution in [0, 0.1) is 6.92 Å². The zero-order valence-corrected chi connectivity index (χ0v) is 15.6.